The Bertz CT molecular complexity index is 1510. The average molecular weight is 591 g/mol. The Morgan fingerprint density at radius 1 is 0.929 bits per heavy atom. The van der Waals surface area contributed by atoms with E-state index in [-0.39, 0.29) is 30.6 Å². The number of hydrogen-bond acceptors (Lipinski definition) is 8. The molecule has 1 unspecified atom stereocenters. The predicted molar refractivity (Wildman–Crippen MR) is 155 cm³/mol. The number of amides is 3. The van der Waals surface area contributed by atoms with Crippen molar-refractivity contribution in [3.63, 3.8) is 0 Å². The van der Waals surface area contributed by atoms with Gasteiger partial charge in [-0.1, -0.05) is 6.07 Å². The second-order valence-corrected chi connectivity index (χ2v) is 11.5. The van der Waals surface area contributed by atoms with Crippen molar-refractivity contribution in [1.82, 2.24) is 10.2 Å². The van der Waals surface area contributed by atoms with Crippen LogP contribution in [0.1, 0.15) is 50.9 Å². The van der Waals surface area contributed by atoms with E-state index in [1.807, 2.05) is 10.3 Å². The highest BCUT2D eigenvalue weighted by atomic mass is 32.1. The normalized spacial score (nSPS) is 16.6. The summed E-state index contributed by atoms with van der Waals surface area (Å²) in [5.74, 6) is -0.474. The summed E-state index contributed by atoms with van der Waals surface area (Å²) in [6, 6.07) is 12.8. The van der Waals surface area contributed by atoms with Crippen molar-refractivity contribution in [2.24, 2.45) is 5.92 Å². The minimum atomic E-state index is -1.03. The lowest BCUT2D eigenvalue weighted by atomic mass is 10.1. The van der Waals surface area contributed by atoms with Gasteiger partial charge in [-0.15, -0.1) is 11.3 Å². The highest BCUT2D eigenvalue weighted by molar-refractivity contribution is 7.10. The van der Waals surface area contributed by atoms with Crippen LogP contribution in [0.25, 0.3) is 0 Å². The Morgan fingerprint density at radius 2 is 1.67 bits per heavy atom. The third-order valence-corrected chi connectivity index (χ3v) is 8.56. The van der Waals surface area contributed by atoms with Gasteiger partial charge in [-0.2, -0.15) is 0 Å². The zero-order valence-corrected chi connectivity index (χ0v) is 23.5. The van der Waals surface area contributed by atoms with E-state index in [9.17, 15) is 24.3 Å². The van der Waals surface area contributed by atoms with Crippen LogP contribution in [0.2, 0.25) is 0 Å². The van der Waals surface area contributed by atoms with E-state index in [0.717, 1.165) is 23.4 Å². The van der Waals surface area contributed by atoms with Crippen LogP contribution in [0, 0.1) is 5.92 Å². The molecule has 42 heavy (non-hydrogen) atoms. The Morgan fingerprint density at radius 3 is 2.38 bits per heavy atom. The number of carbonyl (C=O) groups is 4. The molecule has 2 fully saturated rings. The van der Waals surface area contributed by atoms with E-state index in [0.29, 0.717) is 48.9 Å². The van der Waals surface area contributed by atoms with E-state index < -0.39 is 23.8 Å². The summed E-state index contributed by atoms with van der Waals surface area (Å²) < 4.78 is 10.8. The van der Waals surface area contributed by atoms with Gasteiger partial charge in [0.2, 0.25) is 12.7 Å². The van der Waals surface area contributed by atoms with Crippen LogP contribution >= 0.6 is 11.3 Å². The van der Waals surface area contributed by atoms with Gasteiger partial charge in [0, 0.05) is 48.1 Å². The molecule has 2 aliphatic heterocycles. The fourth-order valence-corrected chi connectivity index (χ4v) is 5.95. The molecule has 3 heterocycles. The molecule has 1 atom stereocenters. The molecule has 1 aromatic heterocycles. The number of carbonyl (C=O) groups excluding carboxylic acids is 3. The van der Waals surface area contributed by atoms with Gasteiger partial charge in [0.05, 0.1) is 23.8 Å². The molecule has 2 aromatic carbocycles. The number of piperazine rings is 1. The topological polar surface area (TPSA) is 138 Å². The van der Waals surface area contributed by atoms with Crippen molar-refractivity contribution in [3.05, 3.63) is 69.9 Å². The highest BCUT2D eigenvalue weighted by Crippen LogP contribution is 2.35. The largest absolute Gasteiger partial charge is 0.481 e. The number of nitrogens with zero attached hydrogens (tertiary/aromatic N) is 2. The molecular weight excluding hydrogens is 560 g/mol. The third kappa shape index (κ3) is 6.03. The summed E-state index contributed by atoms with van der Waals surface area (Å²) in [5, 5.41) is 17.0. The van der Waals surface area contributed by atoms with Crippen molar-refractivity contribution in [2.75, 3.05) is 43.2 Å². The van der Waals surface area contributed by atoms with Crippen LogP contribution in [-0.4, -0.2) is 66.7 Å². The molecule has 0 radical (unpaired) electrons. The first kappa shape index (κ1) is 27.6. The number of benzene rings is 2. The van der Waals surface area contributed by atoms with Crippen LogP contribution in [0.3, 0.4) is 0 Å². The number of nitrogens with one attached hydrogen (secondary N) is 2. The molecule has 1 saturated heterocycles. The number of carboxylic acid groups (broad SMARTS) is 1. The van der Waals surface area contributed by atoms with E-state index in [1.165, 1.54) is 11.3 Å². The van der Waals surface area contributed by atoms with Gasteiger partial charge in [-0.25, -0.2) is 0 Å². The van der Waals surface area contributed by atoms with Crippen molar-refractivity contribution >= 4 is 46.4 Å². The molecule has 0 bridgehead atoms. The van der Waals surface area contributed by atoms with Crippen molar-refractivity contribution in [3.8, 4) is 11.5 Å². The monoisotopic (exact) mass is 590 g/mol. The van der Waals surface area contributed by atoms with E-state index in [2.05, 4.69) is 15.5 Å². The Labute approximate surface area is 246 Å². The molecule has 3 aromatic rings. The van der Waals surface area contributed by atoms with Crippen LogP contribution in [0.4, 0.5) is 11.4 Å². The lowest BCUT2D eigenvalue weighted by Gasteiger charge is -2.37. The molecule has 3 aliphatic rings. The maximum Gasteiger partial charge on any atom is 0.305 e. The van der Waals surface area contributed by atoms with Gasteiger partial charge in [0.1, 0.15) is 0 Å². The highest BCUT2D eigenvalue weighted by Gasteiger charge is 2.35. The van der Waals surface area contributed by atoms with Gasteiger partial charge >= 0.3 is 5.97 Å². The fourth-order valence-electron chi connectivity index (χ4n) is 5.17. The molecule has 218 valence electrons. The summed E-state index contributed by atoms with van der Waals surface area (Å²) in [4.78, 5) is 55.5. The summed E-state index contributed by atoms with van der Waals surface area (Å²) >= 11 is 1.37. The number of thiophene rings is 1. The van der Waals surface area contributed by atoms with Crippen molar-refractivity contribution in [1.29, 1.82) is 0 Å². The molecule has 6 rings (SSSR count). The number of carboxylic acids is 1. The number of ether oxygens (including phenoxy) is 2. The average Bonchev–Trinajstić information content (AvgIpc) is 3.47. The van der Waals surface area contributed by atoms with Gasteiger partial charge in [-0.3, -0.25) is 19.2 Å². The number of fused-ring (bicyclic) bond motifs is 1. The zero-order chi connectivity index (χ0) is 29.2. The van der Waals surface area contributed by atoms with Crippen LogP contribution in [0.15, 0.2) is 53.9 Å². The molecule has 1 aliphatic carbocycles. The number of anilines is 2. The Balaban J connectivity index is 1.25. The summed E-state index contributed by atoms with van der Waals surface area (Å²) in [7, 11) is 0. The number of hydrogen-bond donors (Lipinski definition) is 3. The molecule has 1 saturated carbocycles. The minimum absolute atomic E-state index is 0.0886. The minimum Gasteiger partial charge on any atom is -0.481 e. The molecule has 0 spiro atoms. The summed E-state index contributed by atoms with van der Waals surface area (Å²) in [5.41, 5.74) is 1.78. The maximum atomic E-state index is 13.4. The van der Waals surface area contributed by atoms with Gasteiger partial charge < -0.3 is 35.0 Å². The second kappa shape index (κ2) is 11.7. The molecule has 12 heteroatoms. The first-order valence-electron chi connectivity index (χ1n) is 13.8. The lowest BCUT2D eigenvalue weighted by Crippen LogP contribution is -2.49. The molecule has 11 nitrogen and oxygen atoms in total. The lowest BCUT2D eigenvalue weighted by molar-refractivity contribution is -0.137. The van der Waals surface area contributed by atoms with E-state index in [1.54, 1.807) is 48.5 Å². The number of aliphatic carboxylic acids is 1. The first-order chi connectivity index (χ1) is 20.4. The van der Waals surface area contributed by atoms with Crippen LogP contribution < -0.4 is 25.0 Å². The molecular formula is C30H30N4O7S. The smallest absolute Gasteiger partial charge is 0.305 e. The van der Waals surface area contributed by atoms with Crippen LogP contribution in [-0.2, 0) is 9.59 Å². The summed E-state index contributed by atoms with van der Waals surface area (Å²) in [6.07, 6.45) is 1.65. The van der Waals surface area contributed by atoms with Gasteiger partial charge in [-0.05, 0) is 60.7 Å². The molecule has 3 N–H and O–H groups in total. The quantitative estimate of drug-likeness (QED) is 0.343. The van der Waals surface area contributed by atoms with Gasteiger partial charge in [0.25, 0.3) is 11.8 Å². The van der Waals surface area contributed by atoms with E-state index >= 15 is 0 Å². The Hall–Kier alpha value is -4.58. The number of rotatable bonds is 9. The van der Waals surface area contributed by atoms with Crippen molar-refractivity contribution < 1.29 is 33.8 Å². The maximum absolute atomic E-state index is 13.4. The SMILES string of the molecule is O=C(O)CC(NC(=O)c1ccc(N2CCN(C(=O)C3CC3)CC2)c(NC(=O)c2ccc3c(c2)OCO3)c1)c1cccs1. The van der Waals surface area contributed by atoms with Crippen LogP contribution in [0.5, 0.6) is 11.5 Å². The third-order valence-electron chi connectivity index (χ3n) is 7.57. The molecule has 3 amide bonds. The first-order valence-corrected chi connectivity index (χ1v) is 14.7. The van der Waals surface area contributed by atoms with Crippen molar-refractivity contribution in [2.45, 2.75) is 25.3 Å². The standard InChI is InChI=1S/C30H30N4O7S/c35-27(36)16-22(26-2-1-13-42-26)32-28(37)19-5-7-23(33-9-11-34(12-10-33)30(39)18-3-4-18)21(14-19)31-29(38)20-6-8-24-25(15-20)41-17-40-24/h1-2,5-8,13-15,18,22H,3-4,9-12,16-17H2,(H,31,38)(H,32,37)(H,35,36). The van der Waals surface area contributed by atoms with E-state index in [4.69, 9.17) is 9.47 Å². The van der Waals surface area contributed by atoms with Gasteiger partial charge in [0.15, 0.2) is 11.5 Å². The predicted octanol–water partition coefficient (Wildman–Crippen LogP) is 3.73. The second-order valence-electron chi connectivity index (χ2n) is 10.5. The Kier molecular flexibility index (Phi) is 7.70. The fraction of sp³-hybridized carbons (Fsp3) is 0.333. The summed E-state index contributed by atoms with van der Waals surface area (Å²) in [6.45, 7) is 2.40. The zero-order valence-electron chi connectivity index (χ0n) is 22.7.